The van der Waals surface area contributed by atoms with Crippen molar-refractivity contribution in [2.75, 3.05) is 33.9 Å². The average molecular weight is 331 g/mol. The van der Waals surface area contributed by atoms with Gasteiger partial charge in [0, 0.05) is 20.7 Å². The van der Waals surface area contributed by atoms with Gasteiger partial charge in [-0.2, -0.15) is 0 Å². The first-order chi connectivity index (χ1) is 10.1. The van der Waals surface area contributed by atoms with E-state index in [-0.39, 0.29) is 24.1 Å². The second-order valence-corrected chi connectivity index (χ2v) is 5.75. The fraction of sp³-hybridized carbons (Fsp3) is 0.562. The fourth-order valence-electron chi connectivity index (χ4n) is 2.99. The molecule has 2 rings (SSSR count). The van der Waals surface area contributed by atoms with Gasteiger partial charge in [-0.15, -0.1) is 12.4 Å². The molecule has 1 aliphatic rings. The number of rotatable bonds is 5. The monoisotopic (exact) mass is 330 g/mol. The van der Waals surface area contributed by atoms with Gasteiger partial charge in [0.1, 0.15) is 5.82 Å². The summed E-state index contributed by atoms with van der Waals surface area (Å²) in [5.41, 5.74) is 0.342. The smallest absolute Gasteiger partial charge is 0.231 e. The first-order valence-electron chi connectivity index (χ1n) is 7.27. The Morgan fingerprint density at radius 2 is 2.09 bits per heavy atom. The lowest BCUT2D eigenvalue weighted by molar-refractivity contribution is -0.146. The third kappa shape index (κ3) is 4.41. The van der Waals surface area contributed by atoms with Crippen LogP contribution in [0.5, 0.6) is 0 Å². The quantitative estimate of drug-likeness (QED) is 0.900. The number of carbonyl (C=O) groups is 1. The van der Waals surface area contributed by atoms with Gasteiger partial charge in [-0.3, -0.25) is 4.79 Å². The van der Waals surface area contributed by atoms with Crippen molar-refractivity contribution in [1.29, 1.82) is 0 Å². The van der Waals surface area contributed by atoms with Gasteiger partial charge in [0.05, 0.1) is 12.0 Å². The number of methoxy groups -OCH3 is 1. The van der Waals surface area contributed by atoms with Crippen molar-refractivity contribution in [1.82, 2.24) is 10.2 Å². The Morgan fingerprint density at radius 3 is 2.68 bits per heavy atom. The molecule has 1 saturated heterocycles. The van der Waals surface area contributed by atoms with Crippen LogP contribution in [0.3, 0.4) is 0 Å². The molecule has 1 N–H and O–H groups in total. The molecule has 0 saturated carbocycles. The summed E-state index contributed by atoms with van der Waals surface area (Å²) in [5.74, 6) is -0.197. The summed E-state index contributed by atoms with van der Waals surface area (Å²) in [6.07, 6.45) is 1.54. The van der Waals surface area contributed by atoms with Gasteiger partial charge in [0.15, 0.2) is 0 Å². The van der Waals surface area contributed by atoms with Crippen molar-refractivity contribution in [2.45, 2.75) is 19.4 Å². The largest absolute Gasteiger partial charge is 0.384 e. The summed E-state index contributed by atoms with van der Waals surface area (Å²) in [4.78, 5) is 14.5. The van der Waals surface area contributed by atoms with Crippen LogP contribution in [-0.4, -0.2) is 44.7 Å². The zero-order valence-corrected chi connectivity index (χ0v) is 13.9. The first-order valence-corrected chi connectivity index (χ1v) is 7.27. The van der Waals surface area contributed by atoms with Crippen molar-refractivity contribution >= 4 is 18.3 Å². The average Bonchev–Trinajstić information content (AvgIpc) is 2.47. The van der Waals surface area contributed by atoms with E-state index in [9.17, 15) is 9.18 Å². The van der Waals surface area contributed by atoms with Crippen molar-refractivity contribution in [3.63, 3.8) is 0 Å². The number of nitrogens with one attached hydrogen (secondary N) is 1. The highest BCUT2D eigenvalue weighted by molar-refractivity contribution is 5.85. The predicted octanol–water partition coefficient (Wildman–Crippen LogP) is 2.22. The normalized spacial score (nSPS) is 16.7. The molecule has 1 aromatic carbocycles. The number of halogens is 2. The minimum Gasteiger partial charge on any atom is -0.384 e. The van der Waals surface area contributed by atoms with Gasteiger partial charge < -0.3 is 15.0 Å². The van der Waals surface area contributed by atoms with Crippen LogP contribution in [0, 0.1) is 11.2 Å². The third-order valence-corrected chi connectivity index (χ3v) is 4.09. The number of carbonyl (C=O) groups excluding carboxylic acids is 1. The molecule has 1 aromatic rings. The van der Waals surface area contributed by atoms with Gasteiger partial charge in [0.2, 0.25) is 5.91 Å². The molecular weight excluding hydrogens is 307 g/mol. The molecule has 0 spiro atoms. The first kappa shape index (κ1) is 18.9. The van der Waals surface area contributed by atoms with E-state index < -0.39 is 5.41 Å². The Labute approximate surface area is 137 Å². The van der Waals surface area contributed by atoms with Crippen molar-refractivity contribution in [3.05, 3.63) is 35.6 Å². The number of hydrogen-bond acceptors (Lipinski definition) is 3. The van der Waals surface area contributed by atoms with Crippen LogP contribution >= 0.6 is 12.4 Å². The lowest BCUT2D eigenvalue weighted by Gasteiger charge is -2.38. The lowest BCUT2D eigenvalue weighted by Crippen LogP contribution is -2.50. The highest BCUT2D eigenvalue weighted by Gasteiger charge is 2.41. The summed E-state index contributed by atoms with van der Waals surface area (Å²) in [5, 5.41) is 3.27. The highest BCUT2D eigenvalue weighted by Crippen LogP contribution is 2.31. The van der Waals surface area contributed by atoms with Crippen LogP contribution in [0.15, 0.2) is 24.3 Å². The maximum Gasteiger partial charge on any atom is 0.231 e. The minimum atomic E-state index is -0.456. The number of amides is 1. The lowest BCUT2D eigenvalue weighted by atomic mass is 9.78. The number of benzene rings is 1. The van der Waals surface area contributed by atoms with E-state index in [0.717, 1.165) is 31.5 Å². The second-order valence-electron chi connectivity index (χ2n) is 5.75. The van der Waals surface area contributed by atoms with E-state index in [1.807, 2.05) is 6.07 Å². The molecule has 6 heteroatoms. The molecule has 0 atom stereocenters. The number of ether oxygens (including phenoxy) is 1. The molecule has 1 heterocycles. The molecule has 0 unspecified atom stereocenters. The predicted molar refractivity (Wildman–Crippen MR) is 86.5 cm³/mol. The van der Waals surface area contributed by atoms with Gasteiger partial charge in [-0.1, -0.05) is 12.1 Å². The molecule has 0 radical (unpaired) electrons. The topological polar surface area (TPSA) is 41.6 Å². The minimum absolute atomic E-state index is 0. The van der Waals surface area contributed by atoms with Crippen LogP contribution in [0.1, 0.15) is 18.4 Å². The van der Waals surface area contributed by atoms with Crippen LogP contribution in [-0.2, 0) is 16.1 Å². The Bertz CT molecular complexity index is 487. The Kier molecular flexibility index (Phi) is 7.26. The molecule has 4 nitrogen and oxygen atoms in total. The van der Waals surface area contributed by atoms with E-state index in [2.05, 4.69) is 5.32 Å². The molecule has 1 aliphatic heterocycles. The third-order valence-electron chi connectivity index (χ3n) is 4.09. The van der Waals surface area contributed by atoms with Crippen molar-refractivity contribution in [2.24, 2.45) is 5.41 Å². The summed E-state index contributed by atoms with van der Waals surface area (Å²) >= 11 is 0. The summed E-state index contributed by atoms with van der Waals surface area (Å²) in [7, 11) is 3.40. The molecule has 0 aromatic heterocycles. The summed E-state index contributed by atoms with van der Waals surface area (Å²) in [6.45, 7) is 2.49. The van der Waals surface area contributed by atoms with Crippen LogP contribution in [0.25, 0.3) is 0 Å². The Morgan fingerprint density at radius 1 is 1.41 bits per heavy atom. The Hall–Kier alpha value is -1.17. The maximum absolute atomic E-state index is 13.2. The van der Waals surface area contributed by atoms with E-state index in [1.165, 1.54) is 12.1 Å². The van der Waals surface area contributed by atoms with Crippen molar-refractivity contribution in [3.8, 4) is 0 Å². The highest BCUT2D eigenvalue weighted by atomic mass is 35.5. The second kappa shape index (κ2) is 8.46. The number of piperidine rings is 1. The maximum atomic E-state index is 13.2. The molecule has 1 amide bonds. The van der Waals surface area contributed by atoms with Crippen LogP contribution in [0.4, 0.5) is 4.39 Å². The summed E-state index contributed by atoms with van der Waals surface area (Å²) < 4.78 is 18.5. The molecule has 0 aliphatic carbocycles. The Balaban J connectivity index is 0.00000242. The van der Waals surface area contributed by atoms with Gasteiger partial charge in [-0.05, 0) is 43.6 Å². The van der Waals surface area contributed by atoms with Gasteiger partial charge in [0.25, 0.3) is 0 Å². The zero-order valence-electron chi connectivity index (χ0n) is 13.1. The van der Waals surface area contributed by atoms with E-state index in [1.54, 1.807) is 25.1 Å². The van der Waals surface area contributed by atoms with Crippen LogP contribution in [0.2, 0.25) is 0 Å². The molecular formula is C16H24ClFN2O2. The molecule has 0 bridgehead atoms. The van der Waals surface area contributed by atoms with Gasteiger partial charge in [-0.25, -0.2) is 4.39 Å². The van der Waals surface area contributed by atoms with Crippen molar-refractivity contribution < 1.29 is 13.9 Å². The molecule has 124 valence electrons. The van der Waals surface area contributed by atoms with Gasteiger partial charge >= 0.3 is 0 Å². The standard InChI is InChI=1S/C16H23FN2O2.ClH/c1-19(11-13-4-3-5-14(17)10-13)15(20)16(12-21-2)6-8-18-9-7-16;/h3-5,10,18H,6-9,11-12H2,1-2H3;1H. The van der Waals surface area contributed by atoms with E-state index >= 15 is 0 Å². The van der Waals surface area contributed by atoms with Crippen LogP contribution < -0.4 is 5.32 Å². The molecule has 1 fully saturated rings. The van der Waals surface area contributed by atoms with E-state index in [0.29, 0.717) is 13.2 Å². The fourth-order valence-corrected chi connectivity index (χ4v) is 2.99. The SMILES string of the molecule is COCC1(C(=O)N(C)Cc2cccc(F)c2)CCNCC1.Cl. The number of hydrogen-bond donors (Lipinski definition) is 1. The molecule has 22 heavy (non-hydrogen) atoms. The zero-order chi connectivity index (χ0) is 15.3. The number of nitrogens with zero attached hydrogens (tertiary/aromatic N) is 1. The summed E-state index contributed by atoms with van der Waals surface area (Å²) in [6, 6.07) is 6.37. The van der Waals surface area contributed by atoms with E-state index in [4.69, 9.17) is 4.74 Å².